The van der Waals surface area contributed by atoms with E-state index in [0.717, 1.165) is 55.8 Å². The van der Waals surface area contributed by atoms with Crippen LogP contribution in [-0.2, 0) is 12.8 Å². The molecule has 172 valence electrons. The molecule has 4 rings (SSSR count). The highest BCUT2D eigenvalue weighted by Crippen LogP contribution is 2.48. The fraction of sp³-hybridized carbons (Fsp3) is 0.714. The Balaban J connectivity index is 1.27. The lowest BCUT2D eigenvalue weighted by molar-refractivity contribution is 0.0802. The van der Waals surface area contributed by atoms with Crippen molar-refractivity contribution in [2.75, 3.05) is 6.61 Å². The maximum absolute atomic E-state index is 12.7. The Morgan fingerprint density at radius 1 is 0.903 bits per heavy atom. The summed E-state index contributed by atoms with van der Waals surface area (Å²) in [4.78, 5) is 0. The Bertz CT molecular complexity index is 739. The second kappa shape index (κ2) is 11.0. The first-order valence-electron chi connectivity index (χ1n) is 12.9. The van der Waals surface area contributed by atoms with Crippen LogP contribution in [0.1, 0.15) is 88.7 Å². The van der Waals surface area contributed by atoms with Crippen LogP contribution in [0.15, 0.2) is 30.4 Å². The molecular weight excluding hydrogens is 390 g/mol. The van der Waals surface area contributed by atoms with Crippen molar-refractivity contribution in [3.8, 4) is 5.75 Å². The van der Waals surface area contributed by atoms with Crippen molar-refractivity contribution in [3.05, 3.63) is 41.5 Å². The molecule has 0 heterocycles. The highest BCUT2D eigenvalue weighted by molar-refractivity contribution is 5.37. The molecule has 0 spiro atoms. The number of allylic oxidation sites excluding steroid dienone is 1. The molecule has 0 amide bonds. The zero-order valence-electron chi connectivity index (χ0n) is 19.3. The van der Waals surface area contributed by atoms with E-state index in [1.807, 2.05) is 0 Å². The number of unbranched alkanes of at least 4 members (excludes halogenated alkanes) is 3. The summed E-state index contributed by atoms with van der Waals surface area (Å²) in [6, 6.07) is 6.79. The first-order valence-corrected chi connectivity index (χ1v) is 12.9. The molecule has 1 aromatic rings. The van der Waals surface area contributed by atoms with Crippen molar-refractivity contribution >= 4 is 0 Å². The molecule has 0 aliphatic heterocycles. The molecule has 2 saturated carbocycles. The van der Waals surface area contributed by atoms with Crippen molar-refractivity contribution in [2.24, 2.45) is 29.6 Å². The van der Waals surface area contributed by atoms with Crippen LogP contribution in [0.5, 0.6) is 5.75 Å². The molecule has 0 aromatic heterocycles. The molecule has 3 aliphatic rings. The van der Waals surface area contributed by atoms with E-state index < -0.39 is 6.08 Å². The molecule has 1 aromatic carbocycles. The Morgan fingerprint density at radius 3 is 2.48 bits per heavy atom. The fourth-order valence-electron chi connectivity index (χ4n) is 6.69. The van der Waals surface area contributed by atoms with Gasteiger partial charge in [-0.05, 0) is 123 Å². The van der Waals surface area contributed by atoms with Gasteiger partial charge in [0, 0.05) is 0 Å². The minimum atomic E-state index is -1.48. The van der Waals surface area contributed by atoms with Crippen LogP contribution in [0.3, 0.4) is 0 Å². The van der Waals surface area contributed by atoms with Gasteiger partial charge in [0.1, 0.15) is 5.75 Å². The minimum Gasteiger partial charge on any atom is -0.494 e. The molecule has 0 radical (unpaired) electrons. The van der Waals surface area contributed by atoms with Gasteiger partial charge in [-0.3, -0.25) is 0 Å². The van der Waals surface area contributed by atoms with E-state index in [-0.39, 0.29) is 5.92 Å². The molecule has 1 nitrogen and oxygen atoms in total. The average Bonchev–Trinajstić information content (AvgIpc) is 2.78. The third-order valence-corrected chi connectivity index (χ3v) is 8.43. The van der Waals surface area contributed by atoms with E-state index in [9.17, 15) is 8.78 Å². The minimum absolute atomic E-state index is 0.118. The van der Waals surface area contributed by atoms with Gasteiger partial charge in [-0.1, -0.05) is 32.3 Å². The van der Waals surface area contributed by atoms with Crippen molar-refractivity contribution < 1.29 is 13.5 Å². The van der Waals surface area contributed by atoms with Crippen molar-refractivity contribution in [2.45, 2.75) is 90.4 Å². The Hall–Kier alpha value is -1.38. The number of aryl methyl sites for hydroxylation is 1. The Labute approximate surface area is 187 Å². The number of hydrogen-bond donors (Lipinski definition) is 0. The van der Waals surface area contributed by atoms with E-state index in [1.54, 1.807) is 0 Å². The SMILES string of the molecule is CCCCCCOc1ccc2c(c1)CCC(C1CCC3C[C@H](C=C(F)F)CC[C@@H]3C1)C2. The van der Waals surface area contributed by atoms with Crippen LogP contribution in [0.2, 0.25) is 0 Å². The van der Waals surface area contributed by atoms with Crippen LogP contribution in [0, 0.1) is 29.6 Å². The van der Waals surface area contributed by atoms with Crippen LogP contribution >= 0.6 is 0 Å². The lowest BCUT2D eigenvalue weighted by Gasteiger charge is -2.44. The van der Waals surface area contributed by atoms with E-state index in [0.29, 0.717) is 5.92 Å². The summed E-state index contributed by atoms with van der Waals surface area (Å²) in [7, 11) is 0. The largest absolute Gasteiger partial charge is 0.494 e. The summed E-state index contributed by atoms with van der Waals surface area (Å²) < 4.78 is 31.3. The number of halogens is 2. The number of benzene rings is 1. The molecule has 0 bridgehead atoms. The molecule has 5 atom stereocenters. The summed E-state index contributed by atoms with van der Waals surface area (Å²) in [5, 5.41) is 0. The summed E-state index contributed by atoms with van der Waals surface area (Å²) in [5.74, 6) is 4.25. The highest BCUT2D eigenvalue weighted by Gasteiger charge is 2.38. The number of ether oxygens (including phenoxy) is 1. The first kappa shape index (κ1) is 22.8. The highest BCUT2D eigenvalue weighted by atomic mass is 19.3. The van der Waals surface area contributed by atoms with Crippen LogP contribution in [-0.4, -0.2) is 6.61 Å². The predicted octanol–water partition coefficient (Wildman–Crippen LogP) is 8.36. The topological polar surface area (TPSA) is 9.23 Å². The maximum atomic E-state index is 12.7. The van der Waals surface area contributed by atoms with Gasteiger partial charge in [-0.15, -0.1) is 0 Å². The zero-order chi connectivity index (χ0) is 21.6. The van der Waals surface area contributed by atoms with Gasteiger partial charge in [0.15, 0.2) is 0 Å². The Morgan fingerprint density at radius 2 is 1.68 bits per heavy atom. The zero-order valence-corrected chi connectivity index (χ0v) is 19.3. The van der Waals surface area contributed by atoms with Crippen molar-refractivity contribution in [1.29, 1.82) is 0 Å². The molecule has 0 saturated heterocycles. The molecule has 3 aliphatic carbocycles. The third kappa shape index (κ3) is 6.11. The summed E-state index contributed by atoms with van der Waals surface area (Å²) in [5.41, 5.74) is 3.03. The molecule has 31 heavy (non-hydrogen) atoms. The van der Waals surface area contributed by atoms with Crippen LogP contribution in [0.4, 0.5) is 8.78 Å². The lowest BCUT2D eigenvalue weighted by Crippen LogP contribution is -2.34. The Kier molecular flexibility index (Phi) is 8.07. The molecule has 2 fully saturated rings. The number of fused-ring (bicyclic) bond motifs is 2. The van der Waals surface area contributed by atoms with Gasteiger partial charge in [0.25, 0.3) is 6.08 Å². The number of rotatable bonds is 8. The van der Waals surface area contributed by atoms with E-state index in [4.69, 9.17) is 4.74 Å². The second-order valence-corrected chi connectivity index (χ2v) is 10.5. The summed E-state index contributed by atoms with van der Waals surface area (Å²) in [6.45, 7) is 3.07. The predicted molar refractivity (Wildman–Crippen MR) is 124 cm³/mol. The van der Waals surface area contributed by atoms with E-state index >= 15 is 0 Å². The molecule has 0 N–H and O–H groups in total. The fourth-order valence-corrected chi connectivity index (χ4v) is 6.69. The quantitative estimate of drug-likeness (QED) is 0.376. The van der Waals surface area contributed by atoms with Crippen LogP contribution in [0.25, 0.3) is 0 Å². The molecule has 3 unspecified atom stereocenters. The number of hydrogen-bond acceptors (Lipinski definition) is 1. The van der Waals surface area contributed by atoms with Crippen LogP contribution < -0.4 is 4.74 Å². The third-order valence-electron chi connectivity index (χ3n) is 8.43. The van der Waals surface area contributed by atoms with Gasteiger partial charge in [0.05, 0.1) is 6.61 Å². The van der Waals surface area contributed by atoms with Crippen molar-refractivity contribution in [1.82, 2.24) is 0 Å². The summed E-state index contributed by atoms with van der Waals surface area (Å²) in [6.07, 6.45) is 15.4. The van der Waals surface area contributed by atoms with Gasteiger partial charge in [-0.2, -0.15) is 8.78 Å². The molecular formula is C28H40F2O. The van der Waals surface area contributed by atoms with Gasteiger partial charge in [-0.25, -0.2) is 0 Å². The maximum Gasteiger partial charge on any atom is 0.266 e. The van der Waals surface area contributed by atoms with Gasteiger partial charge in [0.2, 0.25) is 0 Å². The standard InChI is InChI=1S/C28H40F2O/c1-2-3-4-5-14-31-27-13-12-25-18-24(10-11-26(25)19-27)23-9-8-21-15-20(16-28(29)30)6-7-22(21)17-23/h12-13,16,19-24H,2-11,14-15,17-18H2,1H3/t20-,21?,22-,23?,24?/m1/s1. The first-order chi connectivity index (χ1) is 15.1. The normalized spacial score (nSPS) is 30.2. The second-order valence-electron chi connectivity index (χ2n) is 10.5. The van der Waals surface area contributed by atoms with E-state index in [1.165, 1.54) is 75.0 Å². The van der Waals surface area contributed by atoms with Gasteiger partial charge >= 0.3 is 0 Å². The lowest BCUT2D eigenvalue weighted by atomic mass is 9.61. The molecule has 3 heteroatoms. The smallest absolute Gasteiger partial charge is 0.266 e. The van der Waals surface area contributed by atoms with Gasteiger partial charge < -0.3 is 4.74 Å². The summed E-state index contributed by atoms with van der Waals surface area (Å²) >= 11 is 0. The average molecular weight is 431 g/mol. The monoisotopic (exact) mass is 430 g/mol. The van der Waals surface area contributed by atoms with Crippen molar-refractivity contribution in [3.63, 3.8) is 0 Å². The van der Waals surface area contributed by atoms with E-state index in [2.05, 4.69) is 25.1 Å².